The first-order valence-electron chi connectivity index (χ1n) is 19.7. The minimum atomic E-state index is -5.04. The van der Waals surface area contributed by atoms with E-state index in [2.05, 4.69) is 14.4 Å². The third kappa shape index (κ3) is 10.1. The number of ketones is 1. The molecule has 18 heteroatoms. The van der Waals surface area contributed by atoms with Gasteiger partial charge in [-0.15, -0.1) is 15.6 Å². The Hall–Kier alpha value is -6.99. The summed E-state index contributed by atoms with van der Waals surface area (Å²) in [6, 6.07) is 39.1. The molecule has 1 aliphatic rings. The number of aryl methyl sites for hydroxylation is 1. The molecule has 3 heterocycles. The van der Waals surface area contributed by atoms with Crippen LogP contribution in [-0.2, 0) is 38.6 Å². The van der Waals surface area contributed by atoms with E-state index < -0.39 is 70.0 Å². The molecule has 7 rings (SSSR count). The van der Waals surface area contributed by atoms with Crippen molar-refractivity contribution in [2.45, 2.75) is 51.0 Å². The van der Waals surface area contributed by atoms with Crippen LogP contribution >= 0.6 is 11.3 Å². The molecule has 2 atom stereocenters. The molecular weight excluding hydrogens is 865 g/mol. The number of methoxy groups -OCH3 is 1. The third-order valence-electron chi connectivity index (χ3n) is 10.4. The van der Waals surface area contributed by atoms with Gasteiger partial charge in [0.25, 0.3) is 17.8 Å². The van der Waals surface area contributed by atoms with Gasteiger partial charge in [0.15, 0.2) is 17.2 Å². The first-order chi connectivity index (χ1) is 30.6. The van der Waals surface area contributed by atoms with Crippen LogP contribution in [0.2, 0.25) is 0 Å². The molecule has 6 aromatic rings. The summed E-state index contributed by atoms with van der Waals surface area (Å²) >= 11 is 1.19. The topological polar surface area (TPSA) is 204 Å². The number of hydroxylamine groups is 2. The Morgan fingerprint density at radius 1 is 0.844 bits per heavy atom. The molecule has 0 radical (unpaired) electrons. The van der Waals surface area contributed by atoms with Gasteiger partial charge < -0.3 is 19.0 Å². The number of thiazole rings is 1. The zero-order chi connectivity index (χ0) is 45.6. The molecule has 0 spiro atoms. The second-order valence-electron chi connectivity index (χ2n) is 15.1. The highest BCUT2D eigenvalue weighted by Crippen LogP contribution is 2.42. The van der Waals surface area contributed by atoms with E-state index in [-0.39, 0.29) is 22.9 Å². The number of hydrogen-bond acceptors (Lipinski definition) is 14. The quantitative estimate of drug-likeness (QED) is 0.0172. The van der Waals surface area contributed by atoms with Crippen molar-refractivity contribution in [1.29, 1.82) is 0 Å². The Morgan fingerprint density at radius 2 is 1.33 bits per heavy atom. The Balaban J connectivity index is 1.31. The average Bonchev–Trinajstić information content (AvgIpc) is 3.73. The first kappa shape index (κ1) is 45.0. The summed E-state index contributed by atoms with van der Waals surface area (Å²) in [6.45, 7) is 4.58. The fourth-order valence-electron chi connectivity index (χ4n) is 7.11. The molecular formula is C46H43N4O12S2+. The van der Waals surface area contributed by atoms with E-state index in [4.69, 9.17) is 19.0 Å². The number of oxime groups is 1. The van der Waals surface area contributed by atoms with Crippen LogP contribution in [-0.4, -0.2) is 64.2 Å². The number of aromatic nitrogens is 2. The van der Waals surface area contributed by atoms with Crippen LogP contribution in [0.15, 0.2) is 144 Å². The molecule has 64 heavy (non-hydrogen) atoms. The van der Waals surface area contributed by atoms with E-state index in [0.717, 1.165) is 29.4 Å². The molecule has 1 unspecified atom stereocenters. The average molecular weight is 908 g/mol. The van der Waals surface area contributed by atoms with Gasteiger partial charge in [0, 0.05) is 16.5 Å². The summed E-state index contributed by atoms with van der Waals surface area (Å²) in [7, 11) is -3.94. The van der Waals surface area contributed by atoms with Crippen LogP contribution in [0.5, 0.6) is 11.5 Å². The molecule has 4 aromatic carbocycles. The van der Waals surface area contributed by atoms with E-state index in [1.807, 2.05) is 121 Å². The van der Waals surface area contributed by atoms with Gasteiger partial charge >= 0.3 is 22.5 Å². The van der Waals surface area contributed by atoms with E-state index in [9.17, 15) is 32.6 Å². The molecule has 0 saturated carbocycles. The van der Waals surface area contributed by atoms with Crippen LogP contribution in [0, 0.1) is 12.8 Å². The number of amides is 1. The number of hydrogen-bond donors (Lipinski definition) is 2. The lowest BCUT2D eigenvalue weighted by molar-refractivity contribution is -0.911. The molecule has 1 saturated heterocycles. The normalized spacial score (nSPS) is 15.4. The number of pyridine rings is 1. The largest absolute Gasteiger partial charge is 0.477 e. The molecule has 0 bridgehead atoms. The highest BCUT2D eigenvalue weighted by molar-refractivity contribution is 7.80. The lowest BCUT2D eigenvalue weighted by atomic mass is 9.74. The summed E-state index contributed by atoms with van der Waals surface area (Å²) < 4.78 is 55.8. The van der Waals surface area contributed by atoms with Gasteiger partial charge in [-0.05, 0) is 43.0 Å². The predicted molar refractivity (Wildman–Crippen MR) is 230 cm³/mol. The van der Waals surface area contributed by atoms with Gasteiger partial charge in [-0.25, -0.2) is 9.78 Å². The first-order valence-corrected chi connectivity index (χ1v) is 22.0. The van der Waals surface area contributed by atoms with Crippen LogP contribution in [0.4, 0.5) is 0 Å². The molecule has 2 aromatic heterocycles. The predicted octanol–water partition coefficient (Wildman–Crippen LogP) is 6.88. The standard InChI is InChI=1S/C46H42N4O12S2/c1-29-47-35(28-63-29)40(37(51)25-34-44(52)50(46(34,2)3)62-64(55,56)57)48-61-43(45(53)58-4)36-26-38(59-41(30-17-9-5-10-18-30)31-19-11-6-12-20-31)39(27-49(36)54)60-42(32-21-13-7-14-22-32)33-23-15-8-16-24-33/h5-24,26-28,34,41-43H,25H2,1-4H3,(H-,54,55,56,57)/p+1/b48-40-/t34-,43?/m1/s1. The van der Waals surface area contributed by atoms with Crippen molar-refractivity contribution < 1.29 is 60.6 Å². The number of benzene rings is 4. The van der Waals surface area contributed by atoms with Crippen molar-refractivity contribution in [3.63, 3.8) is 0 Å². The lowest BCUT2D eigenvalue weighted by Crippen LogP contribution is -2.68. The fraction of sp³-hybridized carbons (Fsp3) is 0.217. The van der Waals surface area contributed by atoms with Crippen LogP contribution < -0.4 is 14.2 Å². The number of nitrogens with zero attached hydrogens (tertiary/aromatic N) is 4. The van der Waals surface area contributed by atoms with Crippen molar-refractivity contribution in [2.75, 3.05) is 7.11 Å². The van der Waals surface area contributed by atoms with E-state index in [1.165, 1.54) is 42.8 Å². The number of ether oxygens (including phenoxy) is 3. The molecule has 1 aliphatic heterocycles. The SMILES string of the molecule is COC(=O)C(O/N=C(\C(=O)C[C@@H]1C(=O)N(OS(=O)(=O)O)C1(C)C)c1csc(C)n1)c1cc(OC(c2ccccc2)c2ccccc2)c(OC(c2ccccc2)c2ccccc2)c[n+]1O. The van der Waals surface area contributed by atoms with E-state index in [0.29, 0.717) is 14.8 Å². The fourth-order valence-corrected chi connectivity index (χ4v) is 8.16. The Kier molecular flexibility index (Phi) is 13.5. The highest BCUT2D eigenvalue weighted by atomic mass is 32.3. The minimum absolute atomic E-state index is 0.0535. The van der Waals surface area contributed by atoms with E-state index >= 15 is 0 Å². The van der Waals surface area contributed by atoms with Gasteiger partial charge in [0.05, 0.1) is 29.6 Å². The highest BCUT2D eigenvalue weighted by Gasteiger charge is 2.57. The summed E-state index contributed by atoms with van der Waals surface area (Å²) in [5, 5.41) is 18.4. The number of carbonyl (C=O) groups is 3. The van der Waals surface area contributed by atoms with Crippen molar-refractivity contribution in [1.82, 2.24) is 10.0 Å². The van der Waals surface area contributed by atoms with Crippen LogP contribution in [0.3, 0.4) is 0 Å². The Morgan fingerprint density at radius 3 is 1.75 bits per heavy atom. The molecule has 16 nitrogen and oxygen atoms in total. The summed E-state index contributed by atoms with van der Waals surface area (Å²) in [5.41, 5.74) is 1.19. The lowest BCUT2D eigenvalue weighted by Gasteiger charge is -2.50. The van der Waals surface area contributed by atoms with Gasteiger partial charge in [-0.3, -0.25) is 19.3 Å². The van der Waals surface area contributed by atoms with Gasteiger partial charge in [-0.1, -0.05) is 126 Å². The summed E-state index contributed by atoms with van der Waals surface area (Å²) in [6.07, 6.45) is -2.58. The smallest absolute Gasteiger partial charge is 0.418 e. The zero-order valence-corrected chi connectivity index (χ0v) is 36.5. The molecule has 1 amide bonds. The number of esters is 1. The van der Waals surface area contributed by atoms with Crippen molar-refractivity contribution >= 4 is 45.1 Å². The molecule has 2 N–H and O–H groups in total. The Bertz CT molecular complexity index is 2680. The van der Waals surface area contributed by atoms with E-state index in [1.54, 1.807) is 6.92 Å². The molecule has 330 valence electrons. The van der Waals surface area contributed by atoms with Gasteiger partial charge in [0.1, 0.15) is 17.9 Å². The maximum Gasteiger partial charge on any atom is 0.418 e. The number of β-lactam (4-membered cyclic amide) rings is 1. The molecule has 0 aliphatic carbocycles. The van der Waals surface area contributed by atoms with Gasteiger partial charge in [-0.2, -0.15) is 13.5 Å². The van der Waals surface area contributed by atoms with Crippen LogP contribution in [0.1, 0.15) is 77.2 Å². The summed E-state index contributed by atoms with van der Waals surface area (Å²) in [4.78, 5) is 50.9. The maximum atomic E-state index is 14.0. The second-order valence-corrected chi connectivity index (χ2v) is 17.1. The number of rotatable bonds is 18. The number of Topliss-reactive ketones (excluding diaryl/α,β-unsaturated/α-hetero) is 1. The summed E-state index contributed by atoms with van der Waals surface area (Å²) in [5.74, 6) is -3.66. The third-order valence-corrected chi connectivity index (χ3v) is 11.5. The monoisotopic (exact) mass is 907 g/mol. The minimum Gasteiger partial charge on any atom is -0.477 e. The van der Waals surface area contributed by atoms with Crippen molar-refractivity contribution in [3.05, 3.63) is 178 Å². The molecule has 1 fully saturated rings. The van der Waals surface area contributed by atoms with Crippen LogP contribution in [0.25, 0.3) is 0 Å². The second kappa shape index (κ2) is 19.2. The van der Waals surface area contributed by atoms with Gasteiger partial charge in [0.2, 0.25) is 5.75 Å². The maximum absolute atomic E-state index is 14.0. The zero-order valence-electron chi connectivity index (χ0n) is 34.9. The van der Waals surface area contributed by atoms with Crippen molar-refractivity contribution in [3.8, 4) is 11.5 Å². The number of carbonyl (C=O) groups excluding carboxylic acids is 3. The Labute approximate surface area is 372 Å². The van der Waals surface area contributed by atoms with Crippen molar-refractivity contribution in [2.24, 2.45) is 11.1 Å².